The average Bonchev–Trinajstić information content (AvgIpc) is 2.62. The lowest BCUT2D eigenvalue weighted by molar-refractivity contribution is 1.03. The van der Waals surface area contributed by atoms with Gasteiger partial charge in [-0.15, -0.1) is 0 Å². The topological polar surface area (TPSA) is 0 Å². The van der Waals surface area contributed by atoms with E-state index in [1.165, 1.54) is 16.7 Å². The molecule has 1 atom stereocenters. The first-order valence-corrected chi connectivity index (χ1v) is 9.23. The van der Waals surface area contributed by atoms with Crippen LogP contribution in [-0.2, 0) is 0 Å². The molecule has 120 valence electrons. The molecule has 0 bridgehead atoms. The zero-order valence-electron chi connectivity index (χ0n) is 12.8. The van der Waals surface area contributed by atoms with Crippen molar-refractivity contribution >= 4 is 39.1 Å². The molecule has 0 aromatic heterocycles. The maximum atomic E-state index is 6.00. The third kappa shape index (κ3) is 4.10. The summed E-state index contributed by atoms with van der Waals surface area (Å²) in [5.41, 5.74) is 4.76. The van der Waals surface area contributed by atoms with Crippen LogP contribution in [0.4, 0.5) is 0 Å². The Labute approximate surface area is 160 Å². The minimum Gasteiger partial charge on any atom is -0.0843 e. The largest absolute Gasteiger partial charge is 0.0843 e. The molecule has 0 N–H and O–H groups in total. The molecule has 1 unspecified atom stereocenters. The second-order valence-corrected chi connectivity index (χ2v) is 6.88. The SMILES string of the molecule is Clc1ccc(-c2ccc(C(C=CBr)c3ccc(Cl)cc3)cc2)cc1. The Hall–Kier alpha value is -1.54. The molecule has 3 rings (SSSR count). The molecule has 0 heterocycles. The third-order valence-corrected chi connectivity index (χ3v) is 4.75. The predicted molar refractivity (Wildman–Crippen MR) is 108 cm³/mol. The number of benzene rings is 3. The van der Waals surface area contributed by atoms with Gasteiger partial charge >= 0.3 is 0 Å². The van der Waals surface area contributed by atoms with Crippen molar-refractivity contribution in [2.45, 2.75) is 5.92 Å². The van der Waals surface area contributed by atoms with Crippen LogP contribution in [0.3, 0.4) is 0 Å². The van der Waals surface area contributed by atoms with Crippen molar-refractivity contribution in [1.29, 1.82) is 0 Å². The standard InChI is InChI=1S/C21H15BrCl2/c22-14-13-21(18-7-11-20(24)12-8-18)17-3-1-15(2-4-17)16-5-9-19(23)10-6-16/h1-14,21H. The smallest absolute Gasteiger partial charge is 0.0406 e. The highest BCUT2D eigenvalue weighted by Gasteiger charge is 2.11. The average molecular weight is 418 g/mol. The van der Waals surface area contributed by atoms with Gasteiger partial charge in [0.15, 0.2) is 0 Å². The lowest BCUT2D eigenvalue weighted by Crippen LogP contribution is -1.97. The fraction of sp³-hybridized carbons (Fsp3) is 0.0476. The Morgan fingerprint density at radius 1 is 0.625 bits per heavy atom. The molecule has 0 fully saturated rings. The fourth-order valence-corrected chi connectivity index (χ4v) is 3.24. The van der Waals surface area contributed by atoms with Crippen molar-refractivity contribution in [2.75, 3.05) is 0 Å². The van der Waals surface area contributed by atoms with Crippen molar-refractivity contribution in [3.8, 4) is 11.1 Å². The van der Waals surface area contributed by atoms with Gasteiger partial charge in [0, 0.05) is 16.0 Å². The molecule has 3 aromatic rings. The minimum atomic E-state index is 0.181. The molecule has 0 radical (unpaired) electrons. The van der Waals surface area contributed by atoms with Gasteiger partial charge in [-0.25, -0.2) is 0 Å². The summed E-state index contributed by atoms with van der Waals surface area (Å²) in [6.07, 6.45) is 2.13. The van der Waals surface area contributed by atoms with Crippen LogP contribution in [0, 0.1) is 0 Å². The Balaban J connectivity index is 1.92. The summed E-state index contributed by atoms with van der Waals surface area (Å²) < 4.78 is 0. The van der Waals surface area contributed by atoms with Crippen LogP contribution in [0.5, 0.6) is 0 Å². The van der Waals surface area contributed by atoms with Gasteiger partial charge in [-0.1, -0.05) is 93.7 Å². The van der Waals surface area contributed by atoms with Crippen molar-refractivity contribution < 1.29 is 0 Å². The van der Waals surface area contributed by atoms with E-state index in [9.17, 15) is 0 Å². The van der Waals surface area contributed by atoms with Gasteiger partial charge < -0.3 is 0 Å². The van der Waals surface area contributed by atoms with E-state index in [0.717, 1.165) is 15.6 Å². The lowest BCUT2D eigenvalue weighted by atomic mass is 9.90. The fourth-order valence-electron chi connectivity index (χ4n) is 2.68. The Kier molecular flexibility index (Phi) is 5.78. The van der Waals surface area contributed by atoms with E-state index in [2.05, 4.69) is 58.4 Å². The second kappa shape index (κ2) is 8.02. The highest BCUT2D eigenvalue weighted by Crippen LogP contribution is 2.30. The van der Waals surface area contributed by atoms with Gasteiger partial charge in [0.1, 0.15) is 0 Å². The van der Waals surface area contributed by atoms with Crippen LogP contribution in [-0.4, -0.2) is 0 Å². The summed E-state index contributed by atoms with van der Waals surface area (Å²) in [6.45, 7) is 0. The first kappa shape index (κ1) is 17.3. The minimum absolute atomic E-state index is 0.181. The van der Waals surface area contributed by atoms with E-state index in [0.29, 0.717) is 0 Å². The van der Waals surface area contributed by atoms with Gasteiger partial charge in [0.05, 0.1) is 0 Å². The van der Waals surface area contributed by atoms with Gasteiger partial charge in [-0.05, 0) is 51.5 Å². The Bertz CT molecular complexity index is 819. The normalized spacial score (nSPS) is 12.5. The summed E-state index contributed by atoms with van der Waals surface area (Å²) in [6, 6.07) is 24.5. The van der Waals surface area contributed by atoms with Crippen molar-refractivity contribution in [2.24, 2.45) is 0 Å². The summed E-state index contributed by atoms with van der Waals surface area (Å²) >= 11 is 15.4. The van der Waals surface area contributed by atoms with Crippen LogP contribution in [0.1, 0.15) is 17.0 Å². The van der Waals surface area contributed by atoms with Crippen LogP contribution in [0.25, 0.3) is 11.1 Å². The number of allylic oxidation sites excluding steroid dienone is 1. The van der Waals surface area contributed by atoms with E-state index in [1.54, 1.807) is 0 Å². The second-order valence-electron chi connectivity index (χ2n) is 5.48. The molecule has 0 aliphatic heterocycles. The molecule has 0 saturated heterocycles. The quantitative estimate of drug-likeness (QED) is 0.407. The number of rotatable bonds is 4. The first-order valence-electron chi connectivity index (χ1n) is 7.55. The monoisotopic (exact) mass is 416 g/mol. The summed E-state index contributed by atoms with van der Waals surface area (Å²) in [4.78, 5) is 1.90. The van der Waals surface area contributed by atoms with E-state index >= 15 is 0 Å². The van der Waals surface area contributed by atoms with Gasteiger partial charge in [-0.3, -0.25) is 0 Å². The number of halogens is 3. The van der Waals surface area contributed by atoms with Crippen molar-refractivity contribution in [3.05, 3.63) is 105 Å². The maximum absolute atomic E-state index is 6.00. The molecular weight excluding hydrogens is 403 g/mol. The predicted octanol–water partition coefficient (Wildman–Crippen LogP) is 7.70. The summed E-state index contributed by atoms with van der Waals surface area (Å²) in [7, 11) is 0. The summed E-state index contributed by atoms with van der Waals surface area (Å²) in [5, 5.41) is 1.50. The molecule has 24 heavy (non-hydrogen) atoms. The van der Waals surface area contributed by atoms with Crippen molar-refractivity contribution in [3.63, 3.8) is 0 Å². The first-order chi connectivity index (χ1) is 11.7. The van der Waals surface area contributed by atoms with Gasteiger partial charge in [-0.2, -0.15) is 0 Å². The van der Waals surface area contributed by atoms with Crippen LogP contribution in [0.15, 0.2) is 83.9 Å². The third-order valence-electron chi connectivity index (χ3n) is 3.94. The number of hydrogen-bond donors (Lipinski definition) is 0. The molecule has 0 aliphatic carbocycles. The lowest BCUT2D eigenvalue weighted by Gasteiger charge is -2.15. The zero-order valence-corrected chi connectivity index (χ0v) is 15.9. The molecular formula is C21H15BrCl2. The summed E-state index contributed by atoms with van der Waals surface area (Å²) in [5.74, 6) is 0.181. The van der Waals surface area contributed by atoms with E-state index in [1.807, 2.05) is 41.4 Å². The molecule has 0 spiro atoms. The molecule has 0 aliphatic rings. The molecule has 3 aromatic carbocycles. The van der Waals surface area contributed by atoms with Gasteiger partial charge in [0.2, 0.25) is 0 Å². The number of hydrogen-bond acceptors (Lipinski definition) is 0. The Morgan fingerprint density at radius 3 is 1.46 bits per heavy atom. The van der Waals surface area contributed by atoms with E-state index in [4.69, 9.17) is 23.2 Å². The highest BCUT2D eigenvalue weighted by molar-refractivity contribution is 9.11. The Morgan fingerprint density at radius 2 is 1.00 bits per heavy atom. The molecule has 0 amide bonds. The van der Waals surface area contributed by atoms with Crippen LogP contribution >= 0.6 is 39.1 Å². The highest BCUT2D eigenvalue weighted by atomic mass is 79.9. The van der Waals surface area contributed by atoms with E-state index in [-0.39, 0.29) is 5.92 Å². The van der Waals surface area contributed by atoms with Crippen LogP contribution in [0.2, 0.25) is 10.0 Å². The van der Waals surface area contributed by atoms with E-state index < -0.39 is 0 Å². The molecule has 0 nitrogen and oxygen atoms in total. The zero-order chi connectivity index (χ0) is 16.9. The van der Waals surface area contributed by atoms with Crippen molar-refractivity contribution in [1.82, 2.24) is 0 Å². The van der Waals surface area contributed by atoms with Crippen LogP contribution < -0.4 is 0 Å². The molecule has 3 heteroatoms. The molecule has 0 saturated carbocycles. The maximum Gasteiger partial charge on any atom is 0.0406 e. The van der Waals surface area contributed by atoms with Gasteiger partial charge in [0.25, 0.3) is 0 Å².